The Morgan fingerprint density at radius 2 is 1.87 bits per heavy atom. The second-order valence-corrected chi connectivity index (χ2v) is 11.5. The molecule has 3 amide bonds. The van der Waals surface area contributed by atoms with E-state index < -0.39 is 12.4 Å². The molecule has 0 radical (unpaired) electrons. The van der Waals surface area contributed by atoms with Gasteiger partial charge >= 0.3 is 12.4 Å². The predicted octanol–water partition coefficient (Wildman–Crippen LogP) is 7.53. The van der Waals surface area contributed by atoms with Crippen molar-refractivity contribution in [3.8, 4) is 11.4 Å². The van der Waals surface area contributed by atoms with Crippen LogP contribution in [-0.4, -0.2) is 44.0 Å². The van der Waals surface area contributed by atoms with Gasteiger partial charge in [0.05, 0.1) is 27.8 Å². The molecule has 45 heavy (non-hydrogen) atoms. The van der Waals surface area contributed by atoms with Crippen LogP contribution in [0.3, 0.4) is 0 Å². The van der Waals surface area contributed by atoms with E-state index in [0.717, 1.165) is 35.2 Å². The number of aromatic nitrogens is 3. The van der Waals surface area contributed by atoms with Gasteiger partial charge in [-0.25, -0.2) is 14.5 Å². The molecule has 0 atom stereocenters. The van der Waals surface area contributed by atoms with Crippen LogP contribution in [0.2, 0.25) is 5.02 Å². The summed E-state index contributed by atoms with van der Waals surface area (Å²) >= 11 is 7.69. The maximum Gasteiger partial charge on any atom is 0.573 e. The summed E-state index contributed by atoms with van der Waals surface area (Å²) in [6.45, 7) is 4.02. The van der Waals surface area contributed by atoms with Gasteiger partial charge in [-0.3, -0.25) is 9.69 Å². The highest BCUT2D eigenvalue weighted by atomic mass is 35.5. The van der Waals surface area contributed by atoms with Gasteiger partial charge in [0, 0.05) is 6.42 Å². The number of aryl methyl sites for hydroxylation is 4. The van der Waals surface area contributed by atoms with E-state index in [1.54, 1.807) is 12.1 Å². The highest BCUT2D eigenvalue weighted by molar-refractivity contribution is 8.15. The summed E-state index contributed by atoms with van der Waals surface area (Å²) in [6.07, 6.45) is -0.568. The topological polar surface area (TPSA) is 102 Å². The average Bonchev–Trinajstić information content (AvgIpc) is 3.60. The summed E-state index contributed by atoms with van der Waals surface area (Å²) in [7, 11) is 0. The number of benzene rings is 3. The highest BCUT2D eigenvalue weighted by Gasteiger charge is 2.32. The molecule has 0 bridgehead atoms. The normalized spacial score (nSPS) is 14.3. The van der Waals surface area contributed by atoms with Crippen molar-refractivity contribution < 1.29 is 27.5 Å². The van der Waals surface area contributed by atoms with Crippen LogP contribution in [-0.2, 0) is 24.1 Å². The number of thioether (sulfide) groups is 1. The lowest BCUT2D eigenvalue weighted by molar-refractivity contribution is -0.274. The second kappa shape index (κ2) is 13.7. The first kappa shape index (κ1) is 32.0. The summed E-state index contributed by atoms with van der Waals surface area (Å²) in [4.78, 5) is 35.7. The summed E-state index contributed by atoms with van der Waals surface area (Å²) in [5.74, 6) is 0.258. The van der Waals surface area contributed by atoms with Gasteiger partial charge in [-0.1, -0.05) is 54.9 Å². The number of hydrogen-bond acceptors (Lipinski definition) is 6. The van der Waals surface area contributed by atoms with Crippen LogP contribution in [0.15, 0.2) is 72.0 Å². The largest absolute Gasteiger partial charge is 0.573 e. The lowest BCUT2D eigenvalue weighted by Crippen LogP contribution is -2.31. The fourth-order valence-corrected chi connectivity index (χ4v) is 5.79. The zero-order chi connectivity index (χ0) is 32.1. The number of carbonyl (C=O) groups excluding carboxylic acids is 2. The van der Waals surface area contributed by atoms with Crippen molar-refractivity contribution in [1.82, 2.24) is 14.8 Å². The summed E-state index contributed by atoms with van der Waals surface area (Å²) in [5.41, 5.74) is 4.54. The molecule has 0 spiro atoms. The van der Waals surface area contributed by atoms with Gasteiger partial charge < -0.3 is 10.1 Å². The Kier molecular flexibility index (Phi) is 9.78. The molecule has 1 aromatic heterocycles. The van der Waals surface area contributed by atoms with Gasteiger partial charge in [0.25, 0.3) is 0 Å². The molecule has 4 aromatic rings. The molecule has 3 aromatic carbocycles. The first-order valence-corrected chi connectivity index (χ1v) is 15.4. The second-order valence-electron chi connectivity index (χ2n) is 10.2. The molecule has 1 aliphatic heterocycles. The molecule has 1 fully saturated rings. The summed E-state index contributed by atoms with van der Waals surface area (Å²) in [5, 5.41) is 7.72. The fourth-order valence-electron chi connectivity index (χ4n) is 4.68. The number of amidine groups is 1. The van der Waals surface area contributed by atoms with Crippen LogP contribution < -0.4 is 15.0 Å². The van der Waals surface area contributed by atoms with E-state index in [1.807, 2.05) is 31.2 Å². The standard InChI is InChI=1S/C31H28ClF3N6O3S/c1-3-4-21-8-5-19(2)15-26(21)41-28(42)17-45-30(41)38-29(43)37-25-13-6-20(16-24(25)32)7-14-27-36-18-40(39-27)22-9-11-23(12-10-22)44-31(33,34)35/h5-6,8-13,15-16,18H,3-4,7,14,17H2,1-2H3,(H,37,43). The Morgan fingerprint density at radius 3 is 2.58 bits per heavy atom. The third-order valence-corrected chi connectivity index (χ3v) is 7.99. The Labute approximate surface area is 266 Å². The van der Waals surface area contributed by atoms with Gasteiger partial charge in [0.2, 0.25) is 5.91 Å². The summed E-state index contributed by atoms with van der Waals surface area (Å²) in [6, 6.07) is 15.8. The number of urea groups is 1. The summed E-state index contributed by atoms with van der Waals surface area (Å²) < 4.78 is 42.5. The van der Waals surface area contributed by atoms with Crippen molar-refractivity contribution in [2.24, 2.45) is 4.99 Å². The Hall–Kier alpha value is -4.36. The molecule has 0 unspecified atom stereocenters. The lowest BCUT2D eigenvalue weighted by Gasteiger charge is -2.20. The number of aliphatic imine (C=N–C) groups is 1. The van der Waals surface area contributed by atoms with E-state index >= 15 is 0 Å². The van der Waals surface area contributed by atoms with E-state index in [-0.39, 0.29) is 17.4 Å². The van der Waals surface area contributed by atoms with Crippen LogP contribution >= 0.6 is 23.4 Å². The average molecular weight is 657 g/mol. The molecule has 9 nitrogen and oxygen atoms in total. The van der Waals surface area contributed by atoms with Crippen LogP contribution in [0, 0.1) is 6.92 Å². The molecule has 0 aliphatic carbocycles. The number of carbonyl (C=O) groups is 2. The molecule has 0 saturated carbocycles. The molecule has 2 heterocycles. The molecular formula is C31H28ClF3N6O3S. The molecular weight excluding hydrogens is 629 g/mol. The number of hydrogen-bond donors (Lipinski definition) is 1. The quantitative estimate of drug-likeness (QED) is 0.200. The van der Waals surface area contributed by atoms with Crippen LogP contribution in [0.5, 0.6) is 5.75 Å². The Morgan fingerprint density at radius 1 is 1.09 bits per heavy atom. The molecule has 1 saturated heterocycles. The zero-order valence-corrected chi connectivity index (χ0v) is 25.8. The first-order valence-electron chi connectivity index (χ1n) is 14.0. The van der Waals surface area contributed by atoms with E-state index in [0.29, 0.717) is 40.2 Å². The predicted molar refractivity (Wildman–Crippen MR) is 168 cm³/mol. The van der Waals surface area contributed by atoms with Gasteiger partial charge in [0.15, 0.2) is 11.0 Å². The first-order chi connectivity index (χ1) is 21.5. The monoisotopic (exact) mass is 656 g/mol. The van der Waals surface area contributed by atoms with Crippen molar-refractivity contribution in [2.75, 3.05) is 16.0 Å². The number of alkyl halides is 3. The minimum atomic E-state index is -4.76. The molecule has 1 N–H and O–H groups in total. The Balaban J connectivity index is 1.21. The van der Waals surface area contributed by atoms with E-state index in [9.17, 15) is 22.8 Å². The zero-order valence-electron chi connectivity index (χ0n) is 24.3. The van der Waals surface area contributed by atoms with Crippen LogP contribution in [0.4, 0.5) is 29.3 Å². The minimum absolute atomic E-state index is 0.135. The third-order valence-electron chi connectivity index (χ3n) is 6.75. The van der Waals surface area contributed by atoms with Crippen molar-refractivity contribution in [1.29, 1.82) is 0 Å². The number of halogens is 4. The molecule has 1 aliphatic rings. The van der Waals surface area contributed by atoms with Gasteiger partial charge in [-0.2, -0.15) is 10.1 Å². The van der Waals surface area contributed by atoms with Crippen molar-refractivity contribution in [3.05, 3.63) is 94.5 Å². The van der Waals surface area contributed by atoms with Gasteiger partial charge in [0.1, 0.15) is 12.1 Å². The number of ether oxygens (including phenoxy) is 1. The number of anilines is 2. The van der Waals surface area contributed by atoms with Gasteiger partial charge in [-0.05, 0) is 78.9 Å². The number of nitrogens with one attached hydrogen (secondary N) is 1. The van der Waals surface area contributed by atoms with Crippen molar-refractivity contribution in [2.45, 2.75) is 45.9 Å². The maximum absolute atomic E-state index is 12.9. The third kappa shape index (κ3) is 8.22. The fraction of sp³-hybridized carbons (Fsp3) is 0.258. The molecule has 5 rings (SSSR count). The van der Waals surface area contributed by atoms with E-state index in [1.165, 1.54) is 51.9 Å². The number of nitrogens with zero attached hydrogens (tertiary/aromatic N) is 5. The van der Waals surface area contributed by atoms with Crippen LogP contribution in [0.1, 0.15) is 35.9 Å². The molecule has 234 valence electrons. The minimum Gasteiger partial charge on any atom is -0.406 e. The molecule has 14 heteroatoms. The lowest BCUT2D eigenvalue weighted by atomic mass is 10.0. The maximum atomic E-state index is 12.9. The SMILES string of the molecule is CCCc1ccc(C)cc1N1C(=O)CSC1=NC(=O)Nc1ccc(CCc2ncn(-c3ccc(OC(F)(F)F)cc3)n2)cc1Cl. The van der Waals surface area contributed by atoms with Gasteiger partial charge in [-0.15, -0.1) is 13.2 Å². The van der Waals surface area contributed by atoms with E-state index in [2.05, 4.69) is 32.1 Å². The number of rotatable bonds is 9. The van der Waals surface area contributed by atoms with E-state index in [4.69, 9.17) is 11.6 Å². The number of amides is 3. The smallest absolute Gasteiger partial charge is 0.406 e. The van der Waals surface area contributed by atoms with Crippen molar-refractivity contribution in [3.63, 3.8) is 0 Å². The Bertz CT molecular complexity index is 1740. The van der Waals surface area contributed by atoms with Crippen molar-refractivity contribution >= 4 is 51.8 Å². The highest BCUT2D eigenvalue weighted by Crippen LogP contribution is 2.32. The van der Waals surface area contributed by atoms with Crippen LogP contribution in [0.25, 0.3) is 5.69 Å².